The van der Waals surface area contributed by atoms with Crippen LogP contribution in [0.25, 0.3) is 0 Å². The number of sulfonamides is 1. The number of nitro groups is 1. The molecule has 1 atom stereocenters. The van der Waals surface area contributed by atoms with Gasteiger partial charge in [-0.25, -0.2) is 8.42 Å². The molecule has 0 aliphatic heterocycles. The molecule has 0 saturated heterocycles. The van der Waals surface area contributed by atoms with E-state index in [9.17, 15) is 23.3 Å². The number of hydrogen-bond acceptors (Lipinski definition) is 6. The van der Waals surface area contributed by atoms with Crippen LogP contribution in [0.15, 0.2) is 36.4 Å². The summed E-state index contributed by atoms with van der Waals surface area (Å²) >= 11 is 6.11. The third-order valence-corrected chi connectivity index (χ3v) is 5.80. The van der Waals surface area contributed by atoms with Crippen molar-refractivity contribution in [3.8, 4) is 5.75 Å². The molecule has 2 aromatic rings. The third kappa shape index (κ3) is 5.15. The van der Waals surface area contributed by atoms with E-state index in [2.05, 4.69) is 5.32 Å². The summed E-state index contributed by atoms with van der Waals surface area (Å²) in [4.78, 5) is 23.2. The summed E-state index contributed by atoms with van der Waals surface area (Å²) in [6, 6.07) is 7.17. The summed E-state index contributed by atoms with van der Waals surface area (Å²) in [5.41, 5.74) is 0.770. The van der Waals surface area contributed by atoms with Gasteiger partial charge in [0.1, 0.15) is 11.8 Å². The van der Waals surface area contributed by atoms with Crippen molar-refractivity contribution in [2.45, 2.75) is 19.9 Å². The Hall–Kier alpha value is -2.85. The van der Waals surface area contributed by atoms with E-state index in [-0.39, 0.29) is 22.8 Å². The van der Waals surface area contributed by atoms with E-state index in [1.54, 1.807) is 19.1 Å². The van der Waals surface area contributed by atoms with Crippen molar-refractivity contribution in [3.63, 3.8) is 0 Å². The van der Waals surface area contributed by atoms with E-state index in [1.807, 2.05) is 0 Å². The molecule has 11 heteroatoms. The number of methoxy groups -OCH3 is 1. The van der Waals surface area contributed by atoms with Crippen LogP contribution >= 0.6 is 11.6 Å². The lowest BCUT2D eigenvalue weighted by atomic mass is 10.2. The number of nitrogens with zero attached hydrogens (tertiary/aromatic N) is 2. The number of aryl methyl sites for hydroxylation is 1. The van der Waals surface area contributed by atoms with Crippen molar-refractivity contribution < 1.29 is 22.9 Å². The maximum absolute atomic E-state index is 12.8. The second kappa shape index (κ2) is 8.66. The molecule has 0 aliphatic rings. The van der Waals surface area contributed by atoms with Crippen LogP contribution < -0.4 is 14.4 Å². The summed E-state index contributed by atoms with van der Waals surface area (Å²) in [5.74, 6) is -0.508. The van der Waals surface area contributed by atoms with Crippen molar-refractivity contribution in [3.05, 3.63) is 57.1 Å². The molecule has 29 heavy (non-hydrogen) atoms. The van der Waals surface area contributed by atoms with E-state index in [1.165, 1.54) is 32.2 Å². The highest BCUT2D eigenvalue weighted by molar-refractivity contribution is 7.92. The van der Waals surface area contributed by atoms with Gasteiger partial charge in [0.05, 0.1) is 29.7 Å². The van der Waals surface area contributed by atoms with E-state index in [4.69, 9.17) is 16.3 Å². The molecule has 0 saturated carbocycles. The Morgan fingerprint density at radius 1 is 1.28 bits per heavy atom. The molecule has 0 fully saturated rings. The first kappa shape index (κ1) is 22.4. The molecular weight excluding hydrogens is 422 g/mol. The van der Waals surface area contributed by atoms with Gasteiger partial charge < -0.3 is 10.1 Å². The highest BCUT2D eigenvalue weighted by Crippen LogP contribution is 2.30. The molecular formula is C18H20ClN3O6S. The standard InChI is InChI=1S/C18H20ClN3O6S/c1-11-5-6-13(9-15(11)19)21(29(4,26)27)12(2)18(23)20-16-10-14(22(24)25)7-8-17(16)28-3/h5-10,12H,1-4H3,(H,20,23). The van der Waals surface area contributed by atoms with Crippen LogP contribution in [0.2, 0.25) is 5.02 Å². The molecule has 1 amide bonds. The molecule has 1 unspecified atom stereocenters. The van der Waals surface area contributed by atoms with Gasteiger partial charge in [0.15, 0.2) is 0 Å². The summed E-state index contributed by atoms with van der Waals surface area (Å²) in [7, 11) is -2.50. The molecule has 0 bridgehead atoms. The Labute approximate surface area is 173 Å². The summed E-state index contributed by atoms with van der Waals surface area (Å²) in [6.07, 6.45) is 0.971. The van der Waals surface area contributed by atoms with Crippen molar-refractivity contribution >= 4 is 44.6 Å². The number of non-ortho nitro benzene ring substituents is 1. The smallest absolute Gasteiger partial charge is 0.271 e. The number of carbonyl (C=O) groups excluding carboxylic acids is 1. The Kier molecular flexibility index (Phi) is 6.70. The van der Waals surface area contributed by atoms with Gasteiger partial charge in [-0.3, -0.25) is 19.2 Å². The largest absolute Gasteiger partial charge is 0.495 e. The van der Waals surface area contributed by atoms with Gasteiger partial charge in [-0.1, -0.05) is 17.7 Å². The molecule has 2 aromatic carbocycles. The zero-order chi connectivity index (χ0) is 21.9. The number of amides is 1. The first-order valence-electron chi connectivity index (χ1n) is 8.34. The lowest BCUT2D eigenvalue weighted by molar-refractivity contribution is -0.384. The highest BCUT2D eigenvalue weighted by Gasteiger charge is 2.30. The van der Waals surface area contributed by atoms with Crippen molar-refractivity contribution in [2.75, 3.05) is 23.0 Å². The maximum Gasteiger partial charge on any atom is 0.271 e. The van der Waals surface area contributed by atoms with Crippen LogP contribution in [0.1, 0.15) is 12.5 Å². The van der Waals surface area contributed by atoms with Gasteiger partial charge in [0.2, 0.25) is 15.9 Å². The fourth-order valence-corrected chi connectivity index (χ4v) is 4.01. The number of anilines is 2. The summed E-state index contributed by atoms with van der Waals surface area (Å²) in [6.45, 7) is 3.16. The average Bonchev–Trinajstić information content (AvgIpc) is 2.63. The quantitative estimate of drug-likeness (QED) is 0.519. The van der Waals surface area contributed by atoms with Crippen molar-refractivity contribution in [1.82, 2.24) is 0 Å². The number of carbonyl (C=O) groups is 1. The minimum Gasteiger partial charge on any atom is -0.495 e. The molecule has 0 aliphatic carbocycles. The number of benzene rings is 2. The van der Waals surface area contributed by atoms with E-state index < -0.39 is 26.9 Å². The fraction of sp³-hybridized carbons (Fsp3) is 0.278. The number of nitro benzene ring substituents is 1. The minimum atomic E-state index is -3.85. The Balaban J connectivity index is 2.41. The Bertz CT molecular complexity index is 1060. The first-order valence-corrected chi connectivity index (χ1v) is 10.6. The lowest BCUT2D eigenvalue weighted by Gasteiger charge is -2.28. The van der Waals surface area contributed by atoms with Crippen LogP contribution in [0, 0.1) is 17.0 Å². The average molecular weight is 442 g/mol. The number of hydrogen-bond donors (Lipinski definition) is 1. The molecule has 0 spiro atoms. The van der Waals surface area contributed by atoms with Gasteiger partial charge in [-0.15, -0.1) is 0 Å². The van der Waals surface area contributed by atoms with Crippen molar-refractivity contribution in [2.24, 2.45) is 0 Å². The summed E-state index contributed by atoms with van der Waals surface area (Å²) < 4.78 is 30.8. The molecule has 156 valence electrons. The second-order valence-electron chi connectivity index (χ2n) is 6.30. The monoisotopic (exact) mass is 441 g/mol. The SMILES string of the molecule is COc1ccc([N+](=O)[O-])cc1NC(=O)C(C)N(c1ccc(C)c(Cl)c1)S(C)(=O)=O. The van der Waals surface area contributed by atoms with Gasteiger partial charge in [-0.2, -0.15) is 0 Å². The van der Waals surface area contributed by atoms with Crippen LogP contribution in [-0.2, 0) is 14.8 Å². The van der Waals surface area contributed by atoms with Crippen LogP contribution in [0.3, 0.4) is 0 Å². The van der Waals surface area contributed by atoms with Crippen LogP contribution in [0.5, 0.6) is 5.75 Å². The molecule has 0 heterocycles. The number of halogens is 1. The van der Waals surface area contributed by atoms with Gasteiger partial charge in [0.25, 0.3) is 5.69 Å². The molecule has 1 N–H and O–H groups in total. The topological polar surface area (TPSA) is 119 Å². The zero-order valence-corrected chi connectivity index (χ0v) is 17.7. The van der Waals surface area contributed by atoms with Crippen LogP contribution in [0.4, 0.5) is 17.1 Å². The molecule has 2 rings (SSSR count). The molecule has 0 radical (unpaired) electrons. The van der Waals surface area contributed by atoms with Gasteiger partial charge >= 0.3 is 0 Å². The Morgan fingerprint density at radius 2 is 1.93 bits per heavy atom. The predicted molar refractivity (Wildman–Crippen MR) is 111 cm³/mol. The second-order valence-corrected chi connectivity index (χ2v) is 8.57. The van der Waals surface area contributed by atoms with E-state index in [0.717, 1.165) is 22.2 Å². The fourth-order valence-electron chi connectivity index (χ4n) is 2.67. The van der Waals surface area contributed by atoms with Gasteiger partial charge in [0, 0.05) is 17.2 Å². The first-order chi connectivity index (χ1) is 13.5. The molecule has 0 aromatic heterocycles. The third-order valence-electron chi connectivity index (χ3n) is 4.15. The number of ether oxygens (including phenoxy) is 1. The maximum atomic E-state index is 12.8. The molecule has 9 nitrogen and oxygen atoms in total. The van der Waals surface area contributed by atoms with E-state index >= 15 is 0 Å². The normalized spacial score (nSPS) is 12.2. The zero-order valence-electron chi connectivity index (χ0n) is 16.2. The number of rotatable bonds is 7. The predicted octanol–water partition coefficient (Wildman–Crippen LogP) is 3.36. The number of nitrogens with one attached hydrogen (secondary N) is 1. The minimum absolute atomic E-state index is 0.0499. The van der Waals surface area contributed by atoms with Crippen molar-refractivity contribution in [1.29, 1.82) is 0 Å². The highest BCUT2D eigenvalue weighted by atomic mass is 35.5. The van der Waals surface area contributed by atoms with Gasteiger partial charge in [-0.05, 0) is 37.6 Å². The Morgan fingerprint density at radius 3 is 2.45 bits per heavy atom. The van der Waals surface area contributed by atoms with E-state index in [0.29, 0.717) is 5.02 Å². The lowest BCUT2D eigenvalue weighted by Crippen LogP contribution is -2.45. The summed E-state index contributed by atoms with van der Waals surface area (Å²) in [5, 5.41) is 13.9. The van der Waals surface area contributed by atoms with Crippen LogP contribution in [-0.4, -0.2) is 38.7 Å².